The molecule has 1 saturated carbocycles. The first kappa shape index (κ1) is 21.3. The van der Waals surface area contributed by atoms with Gasteiger partial charge in [0.05, 0.1) is 17.6 Å². The molecule has 6 atom stereocenters. The Morgan fingerprint density at radius 1 is 1.11 bits per heavy atom. The van der Waals surface area contributed by atoms with Crippen LogP contribution in [0.5, 0.6) is 0 Å². The van der Waals surface area contributed by atoms with E-state index in [1.165, 1.54) is 11.1 Å². The Morgan fingerprint density at radius 2 is 1.74 bits per heavy atom. The molecule has 0 N–H and O–H groups in total. The summed E-state index contributed by atoms with van der Waals surface area (Å²) in [5, 5.41) is 0. The molecule has 0 bridgehead atoms. The van der Waals surface area contributed by atoms with E-state index >= 15 is 0 Å². The fourth-order valence-corrected chi connectivity index (χ4v) is 8.21. The number of fused-ring (bicyclic) bond motifs is 3. The molecule has 154 valence electrons. The quantitative estimate of drug-likeness (QED) is 0.366. The van der Waals surface area contributed by atoms with E-state index in [0.29, 0.717) is 0 Å². The summed E-state index contributed by atoms with van der Waals surface area (Å²) in [6.45, 7) is 20.1. The number of hydrogen-bond donors (Lipinski definition) is 0. The molecule has 27 heavy (non-hydrogen) atoms. The van der Waals surface area contributed by atoms with Gasteiger partial charge in [0.1, 0.15) is 6.10 Å². The van der Waals surface area contributed by atoms with Crippen molar-refractivity contribution in [2.24, 2.45) is 17.8 Å². The van der Waals surface area contributed by atoms with Crippen molar-refractivity contribution in [3.8, 4) is 0 Å². The van der Waals surface area contributed by atoms with Gasteiger partial charge in [0.25, 0.3) is 0 Å². The second kappa shape index (κ2) is 6.82. The van der Waals surface area contributed by atoms with Gasteiger partial charge in [-0.15, -0.1) is 0 Å². The lowest BCUT2D eigenvalue weighted by Gasteiger charge is -2.41. The lowest BCUT2D eigenvalue weighted by atomic mass is 9.81. The molecule has 0 radical (unpaired) electrons. The zero-order chi connectivity index (χ0) is 20.4. The summed E-state index contributed by atoms with van der Waals surface area (Å²) in [6, 6.07) is 0. The van der Waals surface area contributed by atoms with Crippen molar-refractivity contribution in [3.05, 3.63) is 11.1 Å². The Hall–Kier alpha value is -0.436. The molecule has 1 saturated heterocycles. The number of ether oxygens (including phenoxy) is 1. The van der Waals surface area contributed by atoms with Crippen molar-refractivity contribution in [3.63, 3.8) is 0 Å². The molecule has 0 spiro atoms. The normalized spacial score (nSPS) is 39.9. The Balaban J connectivity index is 2.04. The summed E-state index contributed by atoms with van der Waals surface area (Å²) in [5.41, 5.74) is 2.42. The lowest BCUT2D eigenvalue weighted by molar-refractivity contribution is -0.143. The van der Waals surface area contributed by atoms with Gasteiger partial charge in [-0.3, -0.25) is 4.79 Å². The van der Waals surface area contributed by atoms with Crippen molar-refractivity contribution >= 4 is 22.6 Å². The van der Waals surface area contributed by atoms with Gasteiger partial charge in [-0.1, -0.05) is 6.92 Å². The molecule has 2 aliphatic carbocycles. The molecular weight excluding hydrogens is 372 g/mol. The van der Waals surface area contributed by atoms with E-state index < -0.39 is 16.6 Å². The number of carbonyl (C=O) groups is 1. The number of esters is 1. The second-order valence-corrected chi connectivity index (χ2v) is 19.9. The minimum Gasteiger partial charge on any atom is -0.457 e. The van der Waals surface area contributed by atoms with Gasteiger partial charge in [0, 0.05) is 11.8 Å². The van der Waals surface area contributed by atoms with E-state index in [4.69, 9.17) is 13.6 Å². The van der Waals surface area contributed by atoms with Gasteiger partial charge < -0.3 is 13.6 Å². The molecule has 1 aliphatic heterocycles. The standard InChI is InChI=1S/C21H38O4Si2/c1-13-15-10-11-21(3,25-27(7,8)9)16-12-17(24-26(4,5)6)14(2)18(16)19(15)23-20(13)22/h13,15-17,19H,10-12H2,1-9H3/t13-,15-,16+,17-,19+,21+/m0/s1. The molecule has 1 heterocycles. The Labute approximate surface area is 167 Å². The maximum Gasteiger partial charge on any atom is 0.309 e. The fraction of sp³-hybridized carbons (Fsp3) is 0.857. The summed E-state index contributed by atoms with van der Waals surface area (Å²) in [5.74, 6) is 0.483. The highest BCUT2D eigenvalue weighted by molar-refractivity contribution is 6.70. The number of rotatable bonds is 4. The van der Waals surface area contributed by atoms with Crippen molar-refractivity contribution < 1.29 is 18.4 Å². The van der Waals surface area contributed by atoms with E-state index in [2.05, 4.69) is 53.1 Å². The van der Waals surface area contributed by atoms with Gasteiger partial charge in [-0.2, -0.15) is 0 Å². The SMILES string of the molecule is CC1=C2[C@@H](C[C@@H]1O[Si](C)(C)C)[C@](C)(O[Si](C)(C)C)CC[C@H]1[C@H](C)C(=O)O[C@@H]21. The predicted molar refractivity (Wildman–Crippen MR) is 114 cm³/mol. The summed E-state index contributed by atoms with van der Waals surface area (Å²) in [6.07, 6.45) is 2.99. The number of hydrogen-bond acceptors (Lipinski definition) is 4. The van der Waals surface area contributed by atoms with Crippen molar-refractivity contribution in [1.29, 1.82) is 0 Å². The first-order valence-electron chi connectivity index (χ1n) is 10.5. The third kappa shape index (κ3) is 4.14. The minimum absolute atomic E-state index is 0.0258. The van der Waals surface area contributed by atoms with Crippen LogP contribution in [-0.4, -0.2) is 40.4 Å². The first-order valence-corrected chi connectivity index (χ1v) is 17.3. The minimum atomic E-state index is -1.72. The van der Waals surface area contributed by atoms with Gasteiger partial charge >= 0.3 is 5.97 Å². The lowest BCUT2D eigenvalue weighted by Crippen LogP contribution is -2.46. The number of carbonyl (C=O) groups excluding carboxylic acids is 1. The molecule has 0 unspecified atom stereocenters. The van der Waals surface area contributed by atoms with Crippen LogP contribution in [0.4, 0.5) is 0 Å². The summed E-state index contributed by atoms with van der Waals surface area (Å²) < 4.78 is 19.4. The summed E-state index contributed by atoms with van der Waals surface area (Å²) in [4.78, 5) is 12.4. The van der Waals surface area contributed by atoms with Crippen LogP contribution in [0.2, 0.25) is 39.3 Å². The fourth-order valence-electron chi connectivity index (χ4n) is 5.44. The van der Waals surface area contributed by atoms with Crippen molar-refractivity contribution in [1.82, 2.24) is 0 Å². The van der Waals surface area contributed by atoms with Crippen LogP contribution >= 0.6 is 0 Å². The average molecular weight is 411 g/mol. The predicted octanol–water partition coefficient (Wildman–Crippen LogP) is 5.12. The van der Waals surface area contributed by atoms with E-state index in [-0.39, 0.29) is 41.5 Å². The zero-order valence-electron chi connectivity index (χ0n) is 18.6. The highest BCUT2D eigenvalue weighted by Crippen LogP contribution is 2.54. The first-order chi connectivity index (χ1) is 12.2. The van der Waals surface area contributed by atoms with E-state index in [9.17, 15) is 4.79 Å². The van der Waals surface area contributed by atoms with E-state index in [1.54, 1.807) is 0 Å². The van der Waals surface area contributed by atoms with Crippen LogP contribution in [0.25, 0.3) is 0 Å². The molecule has 4 nitrogen and oxygen atoms in total. The molecular formula is C21H38O4Si2. The Kier molecular flexibility index (Phi) is 5.37. The average Bonchev–Trinajstić information content (AvgIpc) is 2.89. The molecule has 2 fully saturated rings. The third-order valence-corrected chi connectivity index (χ3v) is 8.53. The topological polar surface area (TPSA) is 44.8 Å². The smallest absolute Gasteiger partial charge is 0.309 e. The molecule has 0 amide bonds. The molecule has 0 aromatic rings. The highest BCUT2D eigenvalue weighted by atomic mass is 28.4. The van der Waals surface area contributed by atoms with E-state index in [0.717, 1.165) is 19.3 Å². The van der Waals surface area contributed by atoms with Crippen LogP contribution in [0.1, 0.15) is 40.0 Å². The maximum atomic E-state index is 12.4. The monoisotopic (exact) mass is 410 g/mol. The van der Waals surface area contributed by atoms with Crippen LogP contribution in [0, 0.1) is 17.8 Å². The molecule has 0 aromatic heterocycles. The van der Waals surface area contributed by atoms with Crippen molar-refractivity contribution in [2.75, 3.05) is 0 Å². The molecule has 0 aromatic carbocycles. The van der Waals surface area contributed by atoms with Gasteiger partial charge in [0.15, 0.2) is 16.6 Å². The molecule has 6 heteroatoms. The van der Waals surface area contributed by atoms with Crippen LogP contribution in [0.15, 0.2) is 11.1 Å². The largest absolute Gasteiger partial charge is 0.457 e. The zero-order valence-corrected chi connectivity index (χ0v) is 20.6. The van der Waals surface area contributed by atoms with Crippen LogP contribution in [0.3, 0.4) is 0 Å². The second-order valence-electron chi connectivity index (χ2n) is 11.0. The summed E-state index contributed by atoms with van der Waals surface area (Å²) >= 11 is 0. The maximum absolute atomic E-state index is 12.4. The summed E-state index contributed by atoms with van der Waals surface area (Å²) in [7, 11) is -3.39. The van der Waals surface area contributed by atoms with Gasteiger partial charge in [-0.05, 0) is 83.5 Å². The van der Waals surface area contributed by atoms with Crippen LogP contribution < -0.4 is 0 Å². The Bertz CT molecular complexity index is 646. The third-order valence-electron chi connectivity index (χ3n) is 6.46. The van der Waals surface area contributed by atoms with Gasteiger partial charge in [0.2, 0.25) is 0 Å². The molecule has 3 aliphatic rings. The highest BCUT2D eigenvalue weighted by Gasteiger charge is 2.56. The Morgan fingerprint density at radius 3 is 2.30 bits per heavy atom. The van der Waals surface area contributed by atoms with Gasteiger partial charge in [-0.25, -0.2) is 0 Å². The van der Waals surface area contributed by atoms with Crippen molar-refractivity contribution in [2.45, 2.75) is 97.1 Å². The van der Waals surface area contributed by atoms with E-state index in [1.807, 2.05) is 6.92 Å². The molecule has 3 rings (SSSR count). The van der Waals surface area contributed by atoms with Crippen LogP contribution in [-0.2, 0) is 18.4 Å².